The number of ketones is 1. The van der Waals surface area contributed by atoms with Crippen LogP contribution in [0.1, 0.15) is 0 Å². The second-order valence-electron chi connectivity index (χ2n) is 5.40. The van der Waals surface area contributed by atoms with Gasteiger partial charge in [0.1, 0.15) is 17.1 Å². The molecule has 0 spiro atoms. The maximum Gasteiger partial charge on any atom is 0.264 e. The number of Topliss-reactive ketones (excluding diaryl/α,β-unsaturated/α-hetero) is 1. The molecule has 1 heterocycles. The molecule has 3 rings (SSSR count). The highest BCUT2D eigenvalue weighted by Gasteiger charge is 2.32. The van der Waals surface area contributed by atoms with Crippen molar-refractivity contribution in [2.24, 2.45) is 0 Å². The minimum atomic E-state index is -0.575. The number of nitrogens with one attached hydrogen (secondary N) is 2. The Labute approximate surface area is 150 Å². The molecular formula is C19H18N2O5. The van der Waals surface area contributed by atoms with Gasteiger partial charge in [-0.1, -0.05) is 24.3 Å². The first-order chi connectivity index (χ1) is 12.6. The summed E-state index contributed by atoms with van der Waals surface area (Å²) in [4.78, 5) is 24.8. The van der Waals surface area contributed by atoms with E-state index < -0.39 is 11.7 Å². The van der Waals surface area contributed by atoms with Crippen molar-refractivity contribution in [3.8, 4) is 11.5 Å². The van der Waals surface area contributed by atoms with E-state index in [1.807, 2.05) is 6.07 Å². The van der Waals surface area contributed by atoms with Crippen molar-refractivity contribution in [2.45, 2.75) is 0 Å². The van der Waals surface area contributed by atoms with E-state index in [4.69, 9.17) is 14.2 Å². The summed E-state index contributed by atoms with van der Waals surface area (Å²) in [5.41, 5.74) is 0.966. The second-order valence-corrected chi connectivity index (χ2v) is 5.40. The fraction of sp³-hybridized carbons (Fsp3) is 0.158. The number of methoxy groups -OCH3 is 2. The van der Waals surface area contributed by atoms with Crippen LogP contribution in [-0.2, 0) is 14.3 Å². The van der Waals surface area contributed by atoms with Gasteiger partial charge in [0.25, 0.3) is 5.91 Å². The van der Waals surface area contributed by atoms with Gasteiger partial charge in [-0.05, 0) is 24.3 Å². The van der Waals surface area contributed by atoms with Crippen LogP contribution in [0.2, 0.25) is 0 Å². The molecule has 0 fully saturated rings. The molecule has 0 saturated heterocycles. The van der Waals surface area contributed by atoms with Crippen LogP contribution in [0.3, 0.4) is 0 Å². The number of ether oxygens (including phenoxy) is 3. The van der Waals surface area contributed by atoms with Crippen LogP contribution >= 0.6 is 0 Å². The van der Waals surface area contributed by atoms with E-state index in [2.05, 4.69) is 10.6 Å². The highest BCUT2D eigenvalue weighted by Crippen LogP contribution is 2.29. The maximum atomic E-state index is 12.7. The highest BCUT2D eigenvalue weighted by molar-refractivity contribution is 6.25. The number of benzene rings is 2. The van der Waals surface area contributed by atoms with Crippen molar-refractivity contribution in [1.29, 1.82) is 0 Å². The van der Waals surface area contributed by atoms with Gasteiger partial charge < -0.3 is 24.8 Å². The van der Waals surface area contributed by atoms with Gasteiger partial charge in [-0.25, -0.2) is 0 Å². The van der Waals surface area contributed by atoms with Crippen LogP contribution in [0.5, 0.6) is 11.5 Å². The number of hydrogen-bond donors (Lipinski definition) is 2. The Balaban J connectivity index is 1.88. The van der Waals surface area contributed by atoms with E-state index in [0.29, 0.717) is 22.9 Å². The average Bonchev–Trinajstić information content (AvgIpc) is 3.03. The summed E-state index contributed by atoms with van der Waals surface area (Å²) in [7, 11) is 3.04. The lowest BCUT2D eigenvalue weighted by atomic mass is 10.1. The molecule has 2 aromatic carbocycles. The summed E-state index contributed by atoms with van der Waals surface area (Å²) < 4.78 is 15.8. The van der Waals surface area contributed by atoms with Crippen LogP contribution in [0.4, 0.5) is 11.4 Å². The Morgan fingerprint density at radius 2 is 1.54 bits per heavy atom. The Morgan fingerprint density at radius 3 is 2.19 bits per heavy atom. The third kappa shape index (κ3) is 3.46. The van der Waals surface area contributed by atoms with Crippen molar-refractivity contribution in [2.75, 3.05) is 31.5 Å². The van der Waals surface area contributed by atoms with Gasteiger partial charge in [0.05, 0.1) is 25.6 Å². The van der Waals surface area contributed by atoms with Crippen molar-refractivity contribution in [3.63, 3.8) is 0 Å². The Bertz CT molecular complexity index is 876. The van der Waals surface area contributed by atoms with E-state index in [1.165, 1.54) is 14.2 Å². The van der Waals surface area contributed by atoms with Gasteiger partial charge in [-0.15, -0.1) is 0 Å². The summed E-state index contributed by atoms with van der Waals surface area (Å²) in [5.74, 6) is 0.163. The third-order valence-electron chi connectivity index (χ3n) is 3.79. The Hall–Kier alpha value is -3.48. The van der Waals surface area contributed by atoms with Crippen molar-refractivity contribution >= 4 is 23.1 Å². The van der Waals surface area contributed by atoms with Gasteiger partial charge in [0.15, 0.2) is 6.61 Å². The molecule has 7 heteroatoms. The monoisotopic (exact) mass is 354 g/mol. The fourth-order valence-corrected chi connectivity index (χ4v) is 2.54. The SMILES string of the molecule is COc1ccccc1NC(=O)C1=C(Nc2ccccc2OC)OCC1=O. The molecule has 0 atom stereocenters. The van der Waals surface area contributed by atoms with E-state index >= 15 is 0 Å². The quantitative estimate of drug-likeness (QED) is 0.776. The lowest BCUT2D eigenvalue weighted by molar-refractivity contribution is -0.120. The molecule has 0 aromatic heterocycles. The summed E-state index contributed by atoms with van der Waals surface area (Å²) in [6.45, 7) is -0.202. The third-order valence-corrected chi connectivity index (χ3v) is 3.79. The van der Waals surface area contributed by atoms with Crippen LogP contribution < -0.4 is 20.1 Å². The topological polar surface area (TPSA) is 85.9 Å². The minimum Gasteiger partial charge on any atom is -0.495 e. The van der Waals surface area contributed by atoms with E-state index in [-0.39, 0.29) is 18.1 Å². The standard InChI is InChI=1S/C19H18N2O5/c1-24-15-9-5-3-7-12(15)20-18(23)17-14(22)11-26-19(17)21-13-8-4-6-10-16(13)25-2/h3-10,21H,11H2,1-2H3,(H,20,23). The van der Waals surface area contributed by atoms with Gasteiger partial charge in [-0.2, -0.15) is 0 Å². The maximum absolute atomic E-state index is 12.7. The number of rotatable bonds is 6. The molecule has 0 saturated carbocycles. The summed E-state index contributed by atoms with van der Waals surface area (Å²) in [6.07, 6.45) is 0. The molecule has 134 valence electrons. The van der Waals surface area contributed by atoms with Gasteiger partial charge in [-0.3, -0.25) is 9.59 Å². The molecule has 0 aliphatic carbocycles. The zero-order valence-corrected chi connectivity index (χ0v) is 14.4. The van der Waals surface area contributed by atoms with Crippen molar-refractivity contribution in [3.05, 3.63) is 60.0 Å². The number of carbonyl (C=O) groups excluding carboxylic acids is 2. The molecule has 0 unspecified atom stereocenters. The van der Waals surface area contributed by atoms with E-state index in [9.17, 15) is 9.59 Å². The zero-order chi connectivity index (χ0) is 18.5. The molecule has 1 aliphatic rings. The largest absolute Gasteiger partial charge is 0.495 e. The van der Waals surface area contributed by atoms with Crippen LogP contribution in [-0.4, -0.2) is 32.5 Å². The molecule has 2 aromatic rings. The summed E-state index contributed by atoms with van der Waals surface area (Å²) in [5, 5.41) is 5.64. The van der Waals surface area contributed by atoms with Crippen LogP contribution in [0, 0.1) is 0 Å². The van der Waals surface area contributed by atoms with Gasteiger partial charge in [0, 0.05) is 0 Å². The minimum absolute atomic E-state index is 0.0817. The molecular weight excluding hydrogens is 336 g/mol. The molecule has 26 heavy (non-hydrogen) atoms. The van der Waals surface area contributed by atoms with E-state index in [0.717, 1.165) is 0 Å². The lowest BCUT2D eigenvalue weighted by Crippen LogP contribution is -2.21. The first-order valence-electron chi connectivity index (χ1n) is 7.88. The van der Waals surface area contributed by atoms with Crippen molar-refractivity contribution < 1.29 is 23.8 Å². The molecule has 2 N–H and O–H groups in total. The molecule has 1 aliphatic heterocycles. The van der Waals surface area contributed by atoms with Crippen molar-refractivity contribution in [1.82, 2.24) is 0 Å². The summed E-state index contributed by atoms with van der Waals surface area (Å²) in [6, 6.07) is 14.1. The smallest absolute Gasteiger partial charge is 0.264 e. The highest BCUT2D eigenvalue weighted by atomic mass is 16.5. The Morgan fingerprint density at radius 1 is 0.962 bits per heavy atom. The molecule has 0 bridgehead atoms. The average molecular weight is 354 g/mol. The van der Waals surface area contributed by atoms with Crippen LogP contribution in [0.15, 0.2) is 60.0 Å². The van der Waals surface area contributed by atoms with Crippen LogP contribution in [0.25, 0.3) is 0 Å². The van der Waals surface area contributed by atoms with Gasteiger partial charge in [0.2, 0.25) is 11.7 Å². The normalized spacial score (nSPS) is 13.2. The number of para-hydroxylation sites is 4. The predicted molar refractivity (Wildman–Crippen MR) is 96.2 cm³/mol. The number of carbonyl (C=O) groups is 2. The van der Waals surface area contributed by atoms with E-state index in [1.54, 1.807) is 42.5 Å². The molecule has 7 nitrogen and oxygen atoms in total. The molecule has 0 radical (unpaired) electrons. The number of amides is 1. The predicted octanol–water partition coefficient (Wildman–Crippen LogP) is 2.57. The molecule has 1 amide bonds. The fourth-order valence-electron chi connectivity index (χ4n) is 2.54. The Kier molecular flexibility index (Phi) is 5.07. The first kappa shape index (κ1) is 17.3. The van der Waals surface area contributed by atoms with Gasteiger partial charge >= 0.3 is 0 Å². The number of hydrogen-bond acceptors (Lipinski definition) is 6. The second kappa shape index (κ2) is 7.60. The number of anilines is 2. The first-order valence-corrected chi connectivity index (χ1v) is 7.88. The lowest BCUT2D eigenvalue weighted by Gasteiger charge is -2.13. The summed E-state index contributed by atoms with van der Waals surface area (Å²) >= 11 is 0. The zero-order valence-electron chi connectivity index (χ0n) is 14.4.